The van der Waals surface area contributed by atoms with E-state index in [1.807, 2.05) is 27.7 Å². The molecule has 1 fully saturated rings. The lowest BCUT2D eigenvalue weighted by atomic mass is 9.96. The van der Waals surface area contributed by atoms with Crippen LogP contribution in [0.2, 0.25) is 0 Å². The number of carbonyl (C=O) groups excluding carboxylic acids is 3. The molecule has 2 aliphatic rings. The molecule has 4 N–H and O–H groups in total. The van der Waals surface area contributed by atoms with Crippen molar-refractivity contribution in [3.05, 3.63) is 35.9 Å². The van der Waals surface area contributed by atoms with Crippen molar-refractivity contribution in [2.45, 2.75) is 78.6 Å². The number of aromatic nitrogens is 2. The Hall–Kier alpha value is -4.88. The van der Waals surface area contributed by atoms with Gasteiger partial charge in [-0.2, -0.15) is 0 Å². The van der Waals surface area contributed by atoms with Crippen LogP contribution in [0.1, 0.15) is 59.9 Å². The Kier molecular flexibility index (Phi) is 9.32. The lowest BCUT2D eigenvalue weighted by Gasteiger charge is -2.33. The van der Waals surface area contributed by atoms with Gasteiger partial charge in [-0.15, -0.1) is 0 Å². The maximum atomic E-state index is 16.3. The summed E-state index contributed by atoms with van der Waals surface area (Å²) in [7, 11) is 0. The molecular weight excluding hydrogens is 609 g/mol. The fourth-order valence-electron chi connectivity index (χ4n) is 5.43. The second-order valence-corrected chi connectivity index (χ2v) is 13.6. The monoisotopic (exact) mass is 651 g/mol. The van der Waals surface area contributed by atoms with Gasteiger partial charge in [0.15, 0.2) is 5.82 Å². The van der Waals surface area contributed by atoms with E-state index in [4.69, 9.17) is 14.2 Å². The summed E-state index contributed by atoms with van der Waals surface area (Å²) < 4.78 is 32.8. The number of fused-ring (bicyclic) bond motifs is 2. The molecule has 0 aliphatic carbocycles. The smallest absolute Gasteiger partial charge is 0.412 e. The number of amides is 4. The van der Waals surface area contributed by atoms with Crippen molar-refractivity contribution in [2.75, 3.05) is 42.2 Å². The summed E-state index contributed by atoms with van der Waals surface area (Å²) in [5.41, 5.74) is 0.556. The zero-order chi connectivity index (χ0) is 34.1. The number of likely N-dealkylation sites (tertiary alicyclic amines) is 1. The van der Waals surface area contributed by atoms with E-state index in [0.29, 0.717) is 67.0 Å². The van der Waals surface area contributed by atoms with Gasteiger partial charge in [-0.1, -0.05) is 0 Å². The molecule has 0 spiro atoms. The summed E-state index contributed by atoms with van der Waals surface area (Å²) in [6.45, 7) is 14.4. The molecule has 5 rings (SSSR count). The largest absolute Gasteiger partial charge is 0.474 e. The first-order valence-electron chi connectivity index (χ1n) is 15.6. The van der Waals surface area contributed by atoms with Gasteiger partial charge in [0, 0.05) is 54.6 Å². The predicted molar refractivity (Wildman–Crippen MR) is 176 cm³/mol. The molecule has 0 saturated carbocycles. The lowest BCUT2D eigenvalue weighted by molar-refractivity contribution is 0.0201. The fraction of sp³-hybridized carbons (Fsp3) is 0.485. The van der Waals surface area contributed by atoms with E-state index in [9.17, 15) is 14.4 Å². The third-order valence-electron chi connectivity index (χ3n) is 7.55. The SMILES string of the molecule is Cc1c(-c2cc3cc(NC(=O)NC4CCN(C(=O)OC(C)(C)C)CC4)ncc3c(NC(=O)OC(C)(C)C)c2F)cnc2c1NCCO2. The first-order chi connectivity index (χ1) is 22.1. The second kappa shape index (κ2) is 13.1. The Bertz CT molecular complexity index is 1690. The Morgan fingerprint density at radius 3 is 2.36 bits per heavy atom. The van der Waals surface area contributed by atoms with Crippen LogP contribution in [0.25, 0.3) is 21.9 Å². The van der Waals surface area contributed by atoms with Gasteiger partial charge in [0.05, 0.1) is 5.69 Å². The summed E-state index contributed by atoms with van der Waals surface area (Å²) in [5, 5.41) is 12.3. The normalized spacial score (nSPS) is 15.2. The zero-order valence-corrected chi connectivity index (χ0v) is 27.8. The van der Waals surface area contributed by atoms with Crippen molar-refractivity contribution in [2.24, 2.45) is 0 Å². The molecule has 0 radical (unpaired) electrons. The van der Waals surface area contributed by atoms with Crippen LogP contribution in [0, 0.1) is 12.7 Å². The van der Waals surface area contributed by atoms with Gasteiger partial charge in [-0.25, -0.2) is 28.7 Å². The number of urea groups is 1. The minimum atomic E-state index is -0.829. The average Bonchev–Trinajstić information content (AvgIpc) is 2.97. The molecule has 1 saturated heterocycles. The van der Waals surface area contributed by atoms with Crippen LogP contribution >= 0.6 is 0 Å². The lowest BCUT2D eigenvalue weighted by Crippen LogP contribution is -2.48. The first kappa shape index (κ1) is 33.5. The molecule has 0 unspecified atom stereocenters. The Morgan fingerprint density at radius 1 is 0.979 bits per heavy atom. The number of rotatable bonds is 4. The number of piperidine rings is 1. The second-order valence-electron chi connectivity index (χ2n) is 13.6. The van der Waals surface area contributed by atoms with E-state index < -0.39 is 29.1 Å². The van der Waals surface area contributed by atoms with Crippen LogP contribution in [0.4, 0.5) is 36.0 Å². The number of halogens is 1. The van der Waals surface area contributed by atoms with Crippen LogP contribution < -0.4 is 26.0 Å². The van der Waals surface area contributed by atoms with Crippen molar-refractivity contribution in [1.82, 2.24) is 20.2 Å². The number of benzene rings is 1. The van der Waals surface area contributed by atoms with Crippen LogP contribution in [-0.4, -0.2) is 76.6 Å². The molecule has 14 heteroatoms. The number of anilines is 3. The van der Waals surface area contributed by atoms with Gasteiger partial charge in [-0.3, -0.25) is 10.6 Å². The molecule has 2 aromatic heterocycles. The Morgan fingerprint density at radius 2 is 1.68 bits per heavy atom. The topological polar surface area (TPSA) is 156 Å². The van der Waals surface area contributed by atoms with Crippen molar-refractivity contribution in [1.29, 1.82) is 0 Å². The standard InChI is InChI=1S/C33H42FN7O6/c1-18-22(16-37-28-26(18)35-10-13-45-28)21-14-19-15-24(36-17-23(19)27(25(21)34)40-30(43)46-32(2,3)4)39-29(42)38-20-8-11-41(12-9-20)31(44)47-33(5,6)7/h14-17,20,35H,8-13H2,1-7H3,(H,40,43)(H2,36,38,39,42). The number of hydrogen-bond donors (Lipinski definition) is 4. The summed E-state index contributed by atoms with van der Waals surface area (Å²) in [6.07, 6.45) is 2.84. The third-order valence-corrected chi connectivity index (χ3v) is 7.55. The van der Waals surface area contributed by atoms with E-state index in [-0.39, 0.29) is 29.2 Å². The molecule has 0 atom stereocenters. The number of nitrogens with one attached hydrogen (secondary N) is 4. The highest BCUT2D eigenvalue weighted by Gasteiger charge is 2.28. The van der Waals surface area contributed by atoms with Crippen LogP contribution in [0.5, 0.6) is 5.88 Å². The number of nitrogens with zero attached hydrogens (tertiary/aromatic N) is 3. The zero-order valence-electron chi connectivity index (χ0n) is 27.8. The fourth-order valence-corrected chi connectivity index (χ4v) is 5.43. The third kappa shape index (κ3) is 8.10. The van der Waals surface area contributed by atoms with E-state index in [1.165, 1.54) is 12.4 Å². The molecule has 1 aromatic carbocycles. The molecule has 47 heavy (non-hydrogen) atoms. The number of hydrogen-bond acceptors (Lipinski definition) is 9. The van der Waals surface area contributed by atoms with Gasteiger partial charge >= 0.3 is 18.2 Å². The van der Waals surface area contributed by atoms with Gasteiger partial charge < -0.3 is 29.7 Å². The quantitative estimate of drug-likeness (QED) is 0.250. The van der Waals surface area contributed by atoms with Gasteiger partial charge in [0.2, 0.25) is 5.88 Å². The number of carbonyl (C=O) groups is 3. The van der Waals surface area contributed by atoms with Gasteiger partial charge in [0.1, 0.15) is 29.3 Å². The summed E-state index contributed by atoms with van der Waals surface area (Å²) in [4.78, 5) is 48.5. The molecule has 4 amide bonds. The van der Waals surface area contributed by atoms with E-state index in [1.54, 1.807) is 37.8 Å². The maximum absolute atomic E-state index is 16.3. The summed E-state index contributed by atoms with van der Waals surface area (Å²) >= 11 is 0. The van der Waals surface area contributed by atoms with Crippen molar-refractivity contribution < 1.29 is 33.0 Å². The molecule has 13 nitrogen and oxygen atoms in total. The molecule has 2 aliphatic heterocycles. The molecule has 3 aromatic rings. The minimum Gasteiger partial charge on any atom is -0.474 e. The average molecular weight is 652 g/mol. The van der Waals surface area contributed by atoms with Crippen LogP contribution in [0.3, 0.4) is 0 Å². The molecule has 252 valence electrons. The molecule has 0 bridgehead atoms. The van der Waals surface area contributed by atoms with Crippen molar-refractivity contribution in [3.63, 3.8) is 0 Å². The van der Waals surface area contributed by atoms with Gasteiger partial charge in [-0.05, 0) is 84.4 Å². The first-order valence-corrected chi connectivity index (χ1v) is 15.6. The minimum absolute atomic E-state index is 0.117. The molecular formula is C33H42FN7O6. The predicted octanol–water partition coefficient (Wildman–Crippen LogP) is 6.42. The van der Waals surface area contributed by atoms with Crippen LogP contribution in [0.15, 0.2) is 24.5 Å². The van der Waals surface area contributed by atoms with E-state index in [0.717, 1.165) is 5.56 Å². The summed E-state index contributed by atoms with van der Waals surface area (Å²) in [5.74, 6) is -0.0387. The Balaban J connectivity index is 1.39. The number of pyridine rings is 2. The van der Waals surface area contributed by atoms with Gasteiger partial charge in [0.25, 0.3) is 0 Å². The highest BCUT2D eigenvalue weighted by Crippen LogP contribution is 2.40. The van der Waals surface area contributed by atoms with Crippen molar-refractivity contribution in [3.8, 4) is 17.0 Å². The van der Waals surface area contributed by atoms with Crippen LogP contribution in [-0.2, 0) is 9.47 Å². The summed E-state index contributed by atoms with van der Waals surface area (Å²) in [6, 6.07) is 2.60. The highest BCUT2D eigenvalue weighted by molar-refractivity contribution is 6.04. The highest BCUT2D eigenvalue weighted by atomic mass is 19.1. The number of ether oxygens (including phenoxy) is 3. The van der Waals surface area contributed by atoms with Crippen molar-refractivity contribution >= 4 is 46.2 Å². The molecule has 4 heterocycles. The maximum Gasteiger partial charge on any atom is 0.412 e. The van der Waals surface area contributed by atoms with E-state index >= 15 is 4.39 Å². The Labute approximate surface area is 272 Å². The van der Waals surface area contributed by atoms with E-state index in [2.05, 4.69) is 31.2 Å².